The van der Waals surface area contributed by atoms with Gasteiger partial charge in [-0.25, -0.2) is 8.42 Å². The normalized spacial score (nSPS) is 20.3. The summed E-state index contributed by atoms with van der Waals surface area (Å²) in [5.74, 6) is 0.00684. The Balaban J connectivity index is 1.33. The lowest BCUT2D eigenvalue weighted by molar-refractivity contribution is -0.123. The molecular formula is C24H31N3O3S. The third kappa shape index (κ3) is 4.84. The minimum absolute atomic E-state index is 0.00684. The molecule has 1 atom stereocenters. The Morgan fingerprint density at radius 3 is 2.55 bits per heavy atom. The lowest BCUT2D eigenvalue weighted by Crippen LogP contribution is -2.51. The van der Waals surface area contributed by atoms with E-state index in [1.165, 1.54) is 15.4 Å². The molecule has 0 spiro atoms. The summed E-state index contributed by atoms with van der Waals surface area (Å²) in [6, 6.07) is 13.8. The van der Waals surface area contributed by atoms with Gasteiger partial charge in [0.15, 0.2) is 0 Å². The van der Waals surface area contributed by atoms with Crippen molar-refractivity contribution in [3.63, 3.8) is 0 Å². The number of amides is 1. The molecule has 1 aliphatic heterocycles. The molecule has 2 aromatic carbocycles. The van der Waals surface area contributed by atoms with Crippen LogP contribution in [0.25, 0.3) is 0 Å². The fourth-order valence-corrected chi connectivity index (χ4v) is 6.33. The maximum absolute atomic E-state index is 13.1. The maximum atomic E-state index is 13.1. The summed E-state index contributed by atoms with van der Waals surface area (Å²) in [6.07, 6.45) is 3.11. The third-order valence-electron chi connectivity index (χ3n) is 6.35. The van der Waals surface area contributed by atoms with Crippen LogP contribution in [0.5, 0.6) is 0 Å². The van der Waals surface area contributed by atoms with Gasteiger partial charge in [-0.05, 0) is 55.9 Å². The average Bonchev–Trinajstić information content (AvgIpc) is 2.74. The Bertz CT molecular complexity index is 1060. The highest BCUT2D eigenvalue weighted by molar-refractivity contribution is 7.89. The molecule has 0 unspecified atom stereocenters. The number of nitrogens with one attached hydrogen (secondary N) is 1. The van der Waals surface area contributed by atoms with E-state index >= 15 is 0 Å². The number of rotatable bonds is 5. The molecular weight excluding hydrogens is 410 g/mol. The quantitative estimate of drug-likeness (QED) is 0.775. The second-order valence-electron chi connectivity index (χ2n) is 8.66. The van der Waals surface area contributed by atoms with Crippen molar-refractivity contribution >= 4 is 15.9 Å². The number of aryl methyl sites for hydroxylation is 3. The van der Waals surface area contributed by atoms with Crippen LogP contribution in [-0.2, 0) is 21.2 Å². The number of carbonyl (C=O) groups is 1. The first-order valence-corrected chi connectivity index (χ1v) is 12.5. The number of hydrogen-bond donors (Lipinski definition) is 1. The highest BCUT2D eigenvalue weighted by Crippen LogP contribution is 2.29. The highest BCUT2D eigenvalue weighted by Gasteiger charge is 2.30. The first kappa shape index (κ1) is 22.0. The summed E-state index contributed by atoms with van der Waals surface area (Å²) in [5, 5.41) is 3.19. The molecule has 0 aromatic heterocycles. The van der Waals surface area contributed by atoms with E-state index in [4.69, 9.17) is 0 Å². The van der Waals surface area contributed by atoms with Gasteiger partial charge < -0.3 is 5.32 Å². The van der Waals surface area contributed by atoms with Gasteiger partial charge in [-0.2, -0.15) is 4.31 Å². The van der Waals surface area contributed by atoms with Gasteiger partial charge in [0.1, 0.15) is 0 Å². The van der Waals surface area contributed by atoms with Gasteiger partial charge in [0.2, 0.25) is 15.9 Å². The standard InChI is InChI=1S/C24H31N3O3S/c1-18-10-11-23(19(2)16-18)31(29,30)27-14-12-26(13-15-27)17-24(28)25-22-9-5-7-20-6-3-4-8-21(20)22/h3-4,6,8,10-11,16,22H,5,7,9,12-15,17H2,1-2H3,(H,25,28)/t22-/m1/s1. The molecule has 2 aromatic rings. The molecule has 1 aliphatic carbocycles. The van der Waals surface area contributed by atoms with Gasteiger partial charge in [0.25, 0.3) is 0 Å². The lowest BCUT2D eigenvalue weighted by Gasteiger charge is -2.34. The van der Waals surface area contributed by atoms with E-state index in [2.05, 4.69) is 23.5 Å². The summed E-state index contributed by atoms with van der Waals surface area (Å²) in [6.45, 7) is 6.00. The molecule has 0 bridgehead atoms. The smallest absolute Gasteiger partial charge is 0.243 e. The SMILES string of the molecule is Cc1ccc(S(=O)(=O)N2CCN(CC(=O)N[C@@H]3CCCc4ccccc43)CC2)c(C)c1. The minimum Gasteiger partial charge on any atom is -0.348 e. The van der Waals surface area contributed by atoms with Crippen LogP contribution < -0.4 is 5.32 Å². The molecule has 7 heteroatoms. The third-order valence-corrected chi connectivity index (χ3v) is 8.41. The van der Waals surface area contributed by atoms with E-state index < -0.39 is 10.0 Å². The Kier molecular flexibility index (Phi) is 6.46. The van der Waals surface area contributed by atoms with Gasteiger partial charge >= 0.3 is 0 Å². The zero-order chi connectivity index (χ0) is 22.0. The Morgan fingerprint density at radius 2 is 1.81 bits per heavy atom. The van der Waals surface area contributed by atoms with Crippen molar-refractivity contribution in [2.24, 2.45) is 0 Å². The number of benzene rings is 2. The predicted molar refractivity (Wildman–Crippen MR) is 121 cm³/mol. The maximum Gasteiger partial charge on any atom is 0.243 e. The number of fused-ring (bicyclic) bond motifs is 1. The first-order chi connectivity index (χ1) is 14.8. The van der Waals surface area contributed by atoms with Gasteiger partial charge in [0, 0.05) is 26.2 Å². The van der Waals surface area contributed by atoms with E-state index in [-0.39, 0.29) is 11.9 Å². The molecule has 1 N–H and O–H groups in total. The van der Waals surface area contributed by atoms with Crippen molar-refractivity contribution in [1.82, 2.24) is 14.5 Å². The molecule has 1 saturated heterocycles. The molecule has 4 rings (SSSR count). The first-order valence-electron chi connectivity index (χ1n) is 11.0. The molecule has 1 amide bonds. The fraction of sp³-hybridized carbons (Fsp3) is 0.458. The molecule has 166 valence electrons. The fourth-order valence-electron chi connectivity index (χ4n) is 4.70. The summed E-state index contributed by atoms with van der Waals surface area (Å²) < 4.78 is 27.6. The zero-order valence-electron chi connectivity index (χ0n) is 18.3. The Labute approximate surface area is 185 Å². The number of sulfonamides is 1. The number of piperazine rings is 1. The molecule has 1 heterocycles. The topological polar surface area (TPSA) is 69.7 Å². The number of carbonyl (C=O) groups excluding carboxylic acids is 1. The minimum atomic E-state index is -3.51. The van der Waals surface area contributed by atoms with E-state index in [1.54, 1.807) is 6.07 Å². The van der Waals surface area contributed by atoms with Gasteiger partial charge in [-0.1, -0.05) is 42.0 Å². The largest absolute Gasteiger partial charge is 0.348 e. The van der Waals surface area contributed by atoms with Crippen molar-refractivity contribution in [2.75, 3.05) is 32.7 Å². The van der Waals surface area contributed by atoms with Gasteiger partial charge in [-0.15, -0.1) is 0 Å². The second kappa shape index (κ2) is 9.10. The van der Waals surface area contributed by atoms with E-state index in [1.807, 2.05) is 36.9 Å². The van der Waals surface area contributed by atoms with Crippen molar-refractivity contribution in [3.05, 3.63) is 64.7 Å². The van der Waals surface area contributed by atoms with E-state index in [0.29, 0.717) is 37.6 Å². The van der Waals surface area contributed by atoms with Gasteiger partial charge in [-0.3, -0.25) is 9.69 Å². The lowest BCUT2D eigenvalue weighted by atomic mass is 9.88. The van der Waals surface area contributed by atoms with Crippen molar-refractivity contribution in [1.29, 1.82) is 0 Å². The molecule has 2 aliphatic rings. The van der Waals surface area contributed by atoms with E-state index in [0.717, 1.165) is 30.4 Å². The molecule has 1 fully saturated rings. The van der Waals surface area contributed by atoms with Crippen LogP contribution in [0.2, 0.25) is 0 Å². The summed E-state index contributed by atoms with van der Waals surface area (Å²) >= 11 is 0. The Hall–Kier alpha value is -2.22. The van der Waals surface area contributed by atoms with Crippen molar-refractivity contribution in [3.8, 4) is 0 Å². The Morgan fingerprint density at radius 1 is 1.06 bits per heavy atom. The highest BCUT2D eigenvalue weighted by atomic mass is 32.2. The van der Waals surface area contributed by atoms with Crippen LogP contribution in [0.4, 0.5) is 0 Å². The van der Waals surface area contributed by atoms with Gasteiger partial charge in [0.05, 0.1) is 17.5 Å². The second-order valence-corrected chi connectivity index (χ2v) is 10.6. The summed E-state index contributed by atoms with van der Waals surface area (Å²) in [5.41, 5.74) is 4.37. The zero-order valence-corrected chi connectivity index (χ0v) is 19.1. The van der Waals surface area contributed by atoms with Crippen LogP contribution in [0, 0.1) is 13.8 Å². The summed E-state index contributed by atoms with van der Waals surface area (Å²) in [7, 11) is -3.51. The van der Waals surface area contributed by atoms with Crippen LogP contribution in [0.15, 0.2) is 47.4 Å². The number of hydrogen-bond acceptors (Lipinski definition) is 4. The van der Waals surface area contributed by atoms with Crippen LogP contribution in [0.3, 0.4) is 0 Å². The number of nitrogens with zero attached hydrogens (tertiary/aromatic N) is 2. The van der Waals surface area contributed by atoms with Crippen LogP contribution in [0.1, 0.15) is 41.1 Å². The van der Waals surface area contributed by atoms with E-state index in [9.17, 15) is 13.2 Å². The molecule has 6 nitrogen and oxygen atoms in total. The molecule has 0 radical (unpaired) electrons. The predicted octanol–water partition coefficient (Wildman–Crippen LogP) is 2.80. The van der Waals surface area contributed by atoms with Crippen molar-refractivity contribution in [2.45, 2.75) is 44.0 Å². The average molecular weight is 442 g/mol. The summed E-state index contributed by atoms with van der Waals surface area (Å²) in [4.78, 5) is 15.1. The van der Waals surface area contributed by atoms with Crippen LogP contribution in [-0.4, -0.2) is 56.3 Å². The van der Waals surface area contributed by atoms with Crippen LogP contribution >= 0.6 is 0 Å². The monoisotopic (exact) mass is 441 g/mol. The molecule has 0 saturated carbocycles. The van der Waals surface area contributed by atoms with Crippen molar-refractivity contribution < 1.29 is 13.2 Å². The molecule has 31 heavy (non-hydrogen) atoms.